The summed E-state index contributed by atoms with van der Waals surface area (Å²) in [6.07, 6.45) is 0.522. The van der Waals surface area contributed by atoms with Gasteiger partial charge >= 0.3 is 5.97 Å². The fourth-order valence-electron chi connectivity index (χ4n) is 3.11. The first-order valence-corrected chi connectivity index (χ1v) is 7.88. The SMILES string of the molecule is CC(C)C1(C(=O)O)CCN1C(=O)c1csc2ccccc12. The maximum absolute atomic E-state index is 12.8. The van der Waals surface area contributed by atoms with Crippen molar-refractivity contribution in [2.75, 3.05) is 6.54 Å². The Balaban J connectivity index is 2.01. The van der Waals surface area contributed by atoms with Crippen molar-refractivity contribution in [1.29, 1.82) is 0 Å². The van der Waals surface area contributed by atoms with E-state index in [4.69, 9.17) is 0 Å². The quantitative estimate of drug-likeness (QED) is 0.947. The summed E-state index contributed by atoms with van der Waals surface area (Å²) in [5.41, 5.74) is -0.443. The number of aliphatic carboxylic acids is 1. The molecule has 1 amide bonds. The third-order valence-electron chi connectivity index (χ3n) is 4.48. The van der Waals surface area contributed by atoms with E-state index >= 15 is 0 Å². The predicted octanol–water partition coefficient (Wildman–Crippen LogP) is 3.23. The number of likely N-dealkylation sites (tertiary alicyclic amines) is 1. The van der Waals surface area contributed by atoms with E-state index in [0.29, 0.717) is 18.5 Å². The lowest BCUT2D eigenvalue weighted by Gasteiger charge is -2.52. The molecule has 3 rings (SSSR count). The zero-order chi connectivity index (χ0) is 15.2. The highest BCUT2D eigenvalue weighted by Crippen LogP contribution is 2.40. The molecule has 0 aliphatic carbocycles. The van der Waals surface area contributed by atoms with E-state index in [1.54, 1.807) is 0 Å². The van der Waals surface area contributed by atoms with Gasteiger partial charge in [-0.05, 0) is 18.4 Å². The minimum absolute atomic E-state index is 0.113. The summed E-state index contributed by atoms with van der Waals surface area (Å²) in [6, 6.07) is 7.72. The van der Waals surface area contributed by atoms with Crippen LogP contribution in [0.15, 0.2) is 29.6 Å². The summed E-state index contributed by atoms with van der Waals surface area (Å²) in [7, 11) is 0. The lowest BCUT2D eigenvalue weighted by molar-refractivity contribution is -0.162. The normalized spacial score (nSPS) is 21.6. The molecule has 1 unspecified atom stereocenters. The molecule has 0 saturated carbocycles. The number of carbonyl (C=O) groups is 2. The smallest absolute Gasteiger partial charge is 0.329 e. The highest BCUT2D eigenvalue weighted by atomic mass is 32.1. The molecule has 1 fully saturated rings. The molecule has 4 nitrogen and oxygen atoms in total. The van der Waals surface area contributed by atoms with Gasteiger partial charge in [0.15, 0.2) is 0 Å². The molecule has 1 N–H and O–H groups in total. The third kappa shape index (κ3) is 1.87. The Hall–Kier alpha value is -1.88. The topological polar surface area (TPSA) is 57.6 Å². The van der Waals surface area contributed by atoms with Crippen LogP contribution in [0.3, 0.4) is 0 Å². The van der Waals surface area contributed by atoms with E-state index in [-0.39, 0.29) is 11.8 Å². The van der Waals surface area contributed by atoms with Crippen LogP contribution in [0.4, 0.5) is 0 Å². The van der Waals surface area contributed by atoms with Crippen LogP contribution in [0.1, 0.15) is 30.6 Å². The predicted molar refractivity (Wildman–Crippen MR) is 82.7 cm³/mol. The number of benzene rings is 1. The molecule has 1 saturated heterocycles. The fourth-order valence-corrected chi connectivity index (χ4v) is 4.04. The summed E-state index contributed by atoms with van der Waals surface area (Å²) in [6.45, 7) is 4.23. The number of carboxylic acids is 1. The second kappa shape index (κ2) is 4.84. The Bertz CT molecular complexity index is 721. The number of carbonyl (C=O) groups excluding carboxylic acids is 1. The Kier molecular flexibility index (Phi) is 3.24. The van der Waals surface area contributed by atoms with Crippen molar-refractivity contribution >= 4 is 33.3 Å². The van der Waals surface area contributed by atoms with Crippen LogP contribution in [0.5, 0.6) is 0 Å². The molecular weight excluding hydrogens is 286 g/mol. The zero-order valence-corrected chi connectivity index (χ0v) is 12.8. The number of rotatable bonds is 3. The Labute approximate surface area is 127 Å². The monoisotopic (exact) mass is 303 g/mol. The molecule has 1 aromatic carbocycles. The molecule has 2 heterocycles. The van der Waals surface area contributed by atoms with Crippen LogP contribution in [0, 0.1) is 5.92 Å². The van der Waals surface area contributed by atoms with E-state index in [0.717, 1.165) is 10.1 Å². The van der Waals surface area contributed by atoms with Gasteiger partial charge in [0.25, 0.3) is 5.91 Å². The van der Waals surface area contributed by atoms with Crippen molar-refractivity contribution in [3.05, 3.63) is 35.2 Å². The molecule has 1 atom stereocenters. The maximum Gasteiger partial charge on any atom is 0.329 e. The highest BCUT2D eigenvalue weighted by molar-refractivity contribution is 7.17. The summed E-state index contributed by atoms with van der Waals surface area (Å²) >= 11 is 1.52. The maximum atomic E-state index is 12.8. The molecule has 1 aliphatic heterocycles. The number of fused-ring (bicyclic) bond motifs is 1. The number of amides is 1. The molecular formula is C16H17NO3S. The van der Waals surface area contributed by atoms with Crippen LogP contribution in [0.25, 0.3) is 10.1 Å². The molecule has 0 spiro atoms. The van der Waals surface area contributed by atoms with Crippen molar-refractivity contribution in [1.82, 2.24) is 4.90 Å². The van der Waals surface area contributed by atoms with Gasteiger partial charge in [0.2, 0.25) is 0 Å². The van der Waals surface area contributed by atoms with Gasteiger partial charge in [-0.25, -0.2) is 4.79 Å². The van der Waals surface area contributed by atoms with Crippen LogP contribution in [-0.2, 0) is 4.79 Å². The summed E-state index contributed by atoms with van der Waals surface area (Å²) in [5.74, 6) is -1.19. The Morgan fingerprint density at radius 1 is 1.33 bits per heavy atom. The average molecular weight is 303 g/mol. The van der Waals surface area contributed by atoms with Gasteiger partial charge in [0, 0.05) is 22.0 Å². The standard InChI is InChI=1S/C16H17NO3S/c1-10(2)16(15(19)20)7-8-17(16)14(18)12-9-21-13-6-4-3-5-11(12)13/h3-6,9-10H,7-8H2,1-2H3,(H,19,20). The number of thiophene rings is 1. The summed E-state index contributed by atoms with van der Waals surface area (Å²) in [4.78, 5) is 26.0. The van der Waals surface area contributed by atoms with Crippen molar-refractivity contribution in [3.63, 3.8) is 0 Å². The summed E-state index contributed by atoms with van der Waals surface area (Å²) < 4.78 is 1.05. The van der Waals surface area contributed by atoms with Gasteiger partial charge in [-0.1, -0.05) is 32.0 Å². The van der Waals surface area contributed by atoms with Crippen molar-refractivity contribution in [2.24, 2.45) is 5.92 Å². The second-order valence-corrected chi connectivity index (χ2v) is 6.65. The minimum Gasteiger partial charge on any atom is -0.479 e. The van der Waals surface area contributed by atoms with Gasteiger partial charge in [0.05, 0.1) is 5.56 Å². The van der Waals surface area contributed by atoms with Crippen molar-refractivity contribution in [2.45, 2.75) is 25.8 Å². The lowest BCUT2D eigenvalue weighted by atomic mass is 9.75. The van der Waals surface area contributed by atoms with Crippen LogP contribution >= 0.6 is 11.3 Å². The summed E-state index contributed by atoms with van der Waals surface area (Å²) in [5, 5.41) is 12.3. The Morgan fingerprint density at radius 2 is 2.05 bits per heavy atom. The van der Waals surface area contributed by atoms with Gasteiger partial charge in [0.1, 0.15) is 5.54 Å². The van der Waals surface area contributed by atoms with Crippen LogP contribution in [-0.4, -0.2) is 34.0 Å². The minimum atomic E-state index is -1.06. The number of carboxylic acid groups (broad SMARTS) is 1. The third-order valence-corrected chi connectivity index (χ3v) is 5.44. The molecule has 21 heavy (non-hydrogen) atoms. The highest BCUT2D eigenvalue weighted by Gasteiger charge is 2.56. The van der Waals surface area contributed by atoms with E-state index in [1.807, 2.05) is 43.5 Å². The Morgan fingerprint density at radius 3 is 2.62 bits per heavy atom. The largest absolute Gasteiger partial charge is 0.479 e. The first-order valence-electron chi connectivity index (χ1n) is 7.00. The van der Waals surface area contributed by atoms with E-state index in [9.17, 15) is 14.7 Å². The zero-order valence-electron chi connectivity index (χ0n) is 12.0. The molecule has 110 valence electrons. The van der Waals surface area contributed by atoms with Crippen molar-refractivity contribution in [3.8, 4) is 0 Å². The van der Waals surface area contributed by atoms with Gasteiger partial charge in [-0.2, -0.15) is 0 Å². The molecule has 0 radical (unpaired) electrons. The van der Waals surface area contributed by atoms with E-state index in [2.05, 4.69) is 0 Å². The van der Waals surface area contributed by atoms with E-state index in [1.165, 1.54) is 16.2 Å². The molecule has 1 aliphatic rings. The fraction of sp³-hybridized carbons (Fsp3) is 0.375. The second-order valence-electron chi connectivity index (χ2n) is 5.74. The van der Waals surface area contributed by atoms with Crippen molar-refractivity contribution < 1.29 is 14.7 Å². The molecule has 2 aromatic rings. The molecule has 0 bridgehead atoms. The average Bonchev–Trinajstić information content (AvgIpc) is 2.80. The van der Waals surface area contributed by atoms with E-state index < -0.39 is 11.5 Å². The number of hydrogen-bond acceptors (Lipinski definition) is 3. The van der Waals surface area contributed by atoms with Crippen LogP contribution < -0.4 is 0 Å². The molecule has 5 heteroatoms. The molecule has 1 aromatic heterocycles. The number of hydrogen-bond donors (Lipinski definition) is 1. The number of nitrogens with zero attached hydrogens (tertiary/aromatic N) is 1. The van der Waals surface area contributed by atoms with Gasteiger partial charge in [-0.15, -0.1) is 11.3 Å². The first-order chi connectivity index (χ1) is 9.98. The lowest BCUT2D eigenvalue weighted by Crippen LogP contribution is -2.69. The van der Waals surface area contributed by atoms with Crippen LogP contribution in [0.2, 0.25) is 0 Å². The first kappa shape index (κ1) is 14.1. The van der Waals surface area contributed by atoms with Gasteiger partial charge in [-0.3, -0.25) is 4.79 Å². The van der Waals surface area contributed by atoms with Gasteiger partial charge < -0.3 is 10.0 Å².